The topological polar surface area (TPSA) is 66.7 Å². The summed E-state index contributed by atoms with van der Waals surface area (Å²) in [6.45, 7) is 2.88. The van der Waals surface area contributed by atoms with Gasteiger partial charge in [0, 0.05) is 18.8 Å². The molecule has 0 unspecified atom stereocenters. The summed E-state index contributed by atoms with van der Waals surface area (Å²) in [6, 6.07) is 5.65. The van der Waals surface area contributed by atoms with Gasteiger partial charge in [-0.25, -0.2) is 4.98 Å². The lowest BCUT2D eigenvalue weighted by atomic mass is 10.2. The second-order valence-corrected chi connectivity index (χ2v) is 9.41. The average Bonchev–Trinajstić information content (AvgIpc) is 3.36. The first-order chi connectivity index (χ1) is 14.6. The molecule has 2 aromatic rings. The van der Waals surface area contributed by atoms with Crippen LogP contribution in [0.2, 0.25) is 0 Å². The summed E-state index contributed by atoms with van der Waals surface area (Å²) in [4.78, 5) is 33.2. The Morgan fingerprint density at radius 1 is 1.27 bits per heavy atom. The monoisotopic (exact) mass is 442 g/mol. The molecule has 2 aromatic heterocycles. The molecule has 0 bridgehead atoms. The highest BCUT2D eigenvalue weighted by atomic mass is 32.2. The van der Waals surface area contributed by atoms with Crippen molar-refractivity contribution in [3.63, 3.8) is 0 Å². The number of aromatic nitrogens is 2. The molecule has 0 aromatic carbocycles. The third-order valence-corrected chi connectivity index (χ3v) is 6.96. The standard InChI is InChI=1S/C22H26N4O2S2/c1-2-3-7-12-23-19-16(20(27)25-13-8-6-11-18(25)24-19)14-17-21(28)26(22(29)30-17)15-9-4-5-10-15/h6,8,11,13-15,23H,2-5,7,9-10,12H2,1H3. The molecule has 1 saturated carbocycles. The number of rotatable bonds is 7. The number of fused-ring (bicyclic) bond motifs is 1. The predicted octanol–water partition coefficient (Wildman–Crippen LogP) is 4.44. The number of thioether (sulfide) groups is 1. The molecule has 2 fully saturated rings. The van der Waals surface area contributed by atoms with Crippen molar-refractivity contribution in [2.75, 3.05) is 11.9 Å². The van der Waals surface area contributed by atoms with Crippen molar-refractivity contribution in [2.24, 2.45) is 0 Å². The Morgan fingerprint density at radius 2 is 2.07 bits per heavy atom. The van der Waals surface area contributed by atoms with E-state index < -0.39 is 0 Å². The molecule has 1 N–H and O–H groups in total. The van der Waals surface area contributed by atoms with Crippen LogP contribution in [0.3, 0.4) is 0 Å². The fourth-order valence-corrected chi connectivity index (χ4v) is 5.42. The minimum atomic E-state index is -0.190. The molecule has 0 radical (unpaired) electrons. The van der Waals surface area contributed by atoms with Crippen molar-refractivity contribution in [1.82, 2.24) is 14.3 Å². The molecule has 1 aliphatic heterocycles. The number of nitrogens with zero attached hydrogens (tertiary/aromatic N) is 3. The van der Waals surface area contributed by atoms with Crippen molar-refractivity contribution in [3.8, 4) is 0 Å². The maximum Gasteiger partial charge on any atom is 0.267 e. The average molecular weight is 443 g/mol. The fourth-order valence-electron chi connectivity index (χ4n) is 4.04. The van der Waals surface area contributed by atoms with Crippen molar-refractivity contribution in [3.05, 3.63) is 45.2 Å². The number of amides is 1. The van der Waals surface area contributed by atoms with Crippen LogP contribution in [0.4, 0.5) is 5.82 Å². The molecule has 1 amide bonds. The molecule has 6 nitrogen and oxygen atoms in total. The second-order valence-electron chi connectivity index (χ2n) is 7.73. The third kappa shape index (κ3) is 4.16. The SMILES string of the molecule is CCCCCNc1nc2ccccn2c(=O)c1C=C1SC(=S)N(C2CCCC2)C1=O. The van der Waals surface area contributed by atoms with E-state index in [0.717, 1.165) is 51.5 Å². The third-order valence-electron chi connectivity index (χ3n) is 5.63. The molecule has 4 rings (SSSR count). The van der Waals surface area contributed by atoms with E-state index in [9.17, 15) is 9.59 Å². The van der Waals surface area contributed by atoms with Gasteiger partial charge < -0.3 is 5.32 Å². The van der Waals surface area contributed by atoms with E-state index in [1.807, 2.05) is 12.1 Å². The summed E-state index contributed by atoms with van der Waals surface area (Å²) < 4.78 is 2.10. The summed E-state index contributed by atoms with van der Waals surface area (Å²) in [5, 5.41) is 3.31. The van der Waals surface area contributed by atoms with Crippen molar-refractivity contribution >= 4 is 51.7 Å². The van der Waals surface area contributed by atoms with E-state index in [2.05, 4.69) is 17.2 Å². The molecular weight excluding hydrogens is 416 g/mol. The van der Waals surface area contributed by atoms with Gasteiger partial charge in [0.1, 0.15) is 15.8 Å². The molecular formula is C22H26N4O2S2. The van der Waals surface area contributed by atoms with Gasteiger partial charge in [0.15, 0.2) is 0 Å². The molecule has 158 valence electrons. The van der Waals surface area contributed by atoms with Crippen LogP contribution in [-0.4, -0.2) is 37.1 Å². The first-order valence-corrected chi connectivity index (χ1v) is 11.8. The van der Waals surface area contributed by atoms with Gasteiger partial charge in [-0.15, -0.1) is 0 Å². The van der Waals surface area contributed by atoms with Crippen LogP contribution in [0.25, 0.3) is 11.7 Å². The zero-order valence-electron chi connectivity index (χ0n) is 17.1. The number of anilines is 1. The van der Waals surface area contributed by atoms with Gasteiger partial charge in [-0.1, -0.05) is 62.7 Å². The Morgan fingerprint density at radius 3 is 2.83 bits per heavy atom. The summed E-state index contributed by atoms with van der Waals surface area (Å²) >= 11 is 6.79. The number of carbonyl (C=O) groups excluding carboxylic acids is 1. The quantitative estimate of drug-likeness (QED) is 0.388. The molecule has 0 atom stereocenters. The lowest BCUT2D eigenvalue weighted by Crippen LogP contribution is -2.36. The van der Waals surface area contributed by atoms with Crippen LogP contribution in [0.15, 0.2) is 34.1 Å². The number of carbonyl (C=O) groups is 1. The number of unbranched alkanes of at least 4 members (excludes halogenated alkanes) is 2. The van der Waals surface area contributed by atoms with Crippen LogP contribution in [0.5, 0.6) is 0 Å². The van der Waals surface area contributed by atoms with Gasteiger partial charge in [0.25, 0.3) is 11.5 Å². The van der Waals surface area contributed by atoms with E-state index in [1.165, 1.54) is 16.2 Å². The van der Waals surface area contributed by atoms with Gasteiger partial charge in [-0.05, 0) is 37.5 Å². The number of nitrogens with one attached hydrogen (secondary N) is 1. The van der Waals surface area contributed by atoms with Crippen molar-refractivity contribution < 1.29 is 4.79 Å². The summed E-state index contributed by atoms with van der Waals surface area (Å²) in [5.74, 6) is 0.430. The van der Waals surface area contributed by atoms with Gasteiger partial charge in [-0.3, -0.25) is 18.9 Å². The normalized spacial score (nSPS) is 18.8. The molecule has 1 saturated heterocycles. The molecule has 8 heteroatoms. The minimum Gasteiger partial charge on any atom is -0.369 e. The maximum absolute atomic E-state index is 13.2. The highest BCUT2D eigenvalue weighted by Gasteiger charge is 2.38. The van der Waals surface area contributed by atoms with Gasteiger partial charge in [0.2, 0.25) is 0 Å². The Bertz CT molecular complexity index is 1060. The zero-order chi connectivity index (χ0) is 21.1. The summed E-state index contributed by atoms with van der Waals surface area (Å²) in [7, 11) is 0. The van der Waals surface area contributed by atoms with Crippen LogP contribution < -0.4 is 10.9 Å². The predicted molar refractivity (Wildman–Crippen MR) is 127 cm³/mol. The van der Waals surface area contributed by atoms with Gasteiger partial charge >= 0.3 is 0 Å². The van der Waals surface area contributed by atoms with E-state index in [0.29, 0.717) is 26.3 Å². The molecule has 1 aliphatic carbocycles. The van der Waals surface area contributed by atoms with Gasteiger partial charge in [0.05, 0.1) is 10.5 Å². The first kappa shape index (κ1) is 21.1. The van der Waals surface area contributed by atoms with Crippen LogP contribution >= 0.6 is 24.0 Å². The fraction of sp³-hybridized carbons (Fsp3) is 0.455. The molecule has 0 spiro atoms. The smallest absolute Gasteiger partial charge is 0.267 e. The number of thiocarbonyl (C=S) groups is 1. The number of pyridine rings is 1. The molecule has 2 aliphatic rings. The van der Waals surface area contributed by atoms with E-state index in [-0.39, 0.29) is 17.5 Å². The lowest BCUT2D eigenvalue weighted by Gasteiger charge is -2.21. The Labute approximate surface area is 185 Å². The number of hydrogen-bond acceptors (Lipinski definition) is 6. The van der Waals surface area contributed by atoms with Gasteiger partial charge in [-0.2, -0.15) is 0 Å². The largest absolute Gasteiger partial charge is 0.369 e. The summed E-state index contributed by atoms with van der Waals surface area (Å²) in [5.41, 5.74) is 0.794. The maximum atomic E-state index is 13.2. The van der Waals surface area contributed by atoms with Crippen molar-refractivity contribution in [2.45, 2.75) is 57.9 Å². The first-order valence-electron chi connectivity index (χ1n) is 10.6. The van der Waals surface area contributed by atoms with E-state index in [1.54, 1.807) is 23.2 Å². The van der Waals surface area contributed by atoms with Crippen LogP contribution in [-0.2, 0) is 4.79 Å². The zero-order valence-corrected chi connectivity index (χ0v) is 18.7. The van der Waals surface area contributed by atoms with E-state index in [4.69, 9.17) is 12.2 Å². The second kappa shape index (κ2) is 9.31. The molecule has 3 heterocycles. The number of hydrogen-bond donors (Lipinski definition) is 1. The van der Waals surface area contributed by atoms with Crippen molar-refractivity contribution in [1.29, 1.82) is 0 Å². The van der Waals surface area contributed by atoms with Crippen LogP contribution in [0.1, 0.15) is 57.4 Å². The Hall–Kier alpha value is -2.19. The highest BCUT2D eigenvalue weighted by Crippen LogP contribution is 2.38. The van der Waals surface area contributed by atoms with Crippen LogP contribution in [0, 0.1) is 0 Å². The Kier molecular flexibility index (Phi) is 6.53. The summed E-state index contributed by atoms with van der Waals surface area (Å²) in [6.07, 6.45) is 10.8. The highest BCUT2D eigenvalue weighted by molar-refractivity contribution is 8.26. The molecule has 30 heavy (non-hydrogen) atoms. The minimum absolute atomic E-state index is 0.0913. The Balaban J connectivity index is 1.71. The van der Waals surface area contributed by atoms with E-state index >= 15 is 0 Å². The lowest BCUT2D eigenvalue weighted by molar-refractivity contribution is -0.123.